The third kappa shape index (κ3) is 2.59. The van der Waals surface area contributed by atoms with Crippen LogP contribution in [0.4, 0.5) is 0 Å². The van der Waals surface area contributed by atoms with E-state index in [4.69, 9.17) is 9.47 Å². The molecular weight excluding hydrogens is 324 g/mol. The van der Waals surface area contributed by atoms with Crippen molar-refractivity contribution in [2.45, 2.75) is 6.92 Å². The van der Waals surface area contributed by atoms with Gasteiger partial charge in [0.05, 0.1) is 10.2 Å². The van der Waals surface area contributed by atoms with Crippen LogP contribution in [-0.2, 0) is 7.05 Å². The molecule has 0 bridgehead atoms. The van der Waals surface area contributed by atoms with Gasteiger partial charge in [0.25, 0.3) is 5.91 Å². The van der Waals surface area contributed by atoms with Crippen molar-refractivity contribution in [2.75, 3.05) is 13.2 Å². The minimum Gasteiger partial charge on any atom is -0.486 e. The van der Waals surface area contributed by atoms with Gasteiger partial charge in [0, 0.05) is 24.7 Å². The van der Waals surface area contributed by atoms with Gasteiger partial charge < -0.3 is 14.0 Å². The molecule has 3 aromatic rings. The lowest BCUT2D eigenvalue weighted by atomic mass is 10.1. The summed E-state index contributed by atoms with van der Waals surface area (Å²) in [6, 6.07) is 11.3. The number of aromatic nitrogens is 1. The molecule has 0 unspecified atom stereocenters. The zero-order valence-corrected chi connectivity index (χ0v) is 14.2. The molecule has 4 rings (SSSR count). The first-order valence-corrected chi connectivity index (χ1v) is 8.48. The number of fused-ring (bicyclic) bond motifs is 2. The fourth-order valence-electron chi connectivity index (χ4n) is 2.70. The van der Waals surface area contributed by atoms with E-state index >= 15 is 0 Å². The van der Waals surface area contributed by atoms with Gasteiger partial charge in [-0.2, -0.15) is 4.99 Å². The Morgan fingerprint density at radius 1 is 1.17 bits per heavy atom. The molecule has 1 aromatic heterocycles. The van der Waals surface area contributed by atoms with Crippen molar-refractivity contribution in [3.63, 3.8) is 0 Å². The van der Waals surface area contributed by atoms with Gasteiger partial charge in [0.1, 0.15) is 13.2 Å². The molecule has 0 saturated carbocycles. The van der Waals surface area contributed by atoms with E-state index in [1.54, 1.807) is 6.07 Å². The molecule has 0 aliphatic carbocycles. The van der Waals surface area contributed by atoms with Gasteiger partial charge >= 0.3 is 0 Å². The van der Waals surface area contributed by atoms with E-state index in [9.17, 15) is 4.79 Å². The molecule has 5 nitrogen and oxygen atoms in total. The van der Waals surface area contributed by atoms with E-state index in [1.165, 1.54) is 11.3 Å². The van der Waals surface area contributed by atoms with Gasteiger partial charge in [0.15, 0.2) is 16.3 Å². The van der Waals surface area contributed by atoms with Crippen molar-refractivity contribution < 1.29 is 14.3 Å². The maximum Gasteiger partial charge on any atom is 0.279 e. The van der Waals surface area contributed by atoms with Crippen molar-refractivity contribution in [3.8, 4) is 11.5 Å². The van der Waals surface area contributed by atoms with Gasteiger partial charge in [-0.3, -0.25) is 4.79 Å². The Bertz CT molecular complexity index is 1020. The monoisotopic (exact) mass is 340 g/mol. The molecule has 0 spiro atoms. The van der Waals surface area contributed by atoms with Crippen LogP contribution in [0.1, 0.15) is 15.9 Å². The van der Waals surface area contributed by atoms with Crippen LogP contribution in [0.3, 0.4) is 0 Å². The van der Waals surface area contributed by atoms with E-state index in [0.29, 0.717) is 23.6 Å². The molecule has 0 atom stereocenters. The minimum atomic E-state index is -0.238. The van der Waals surface area contributed by atoms with Crippen molar-refractivity contribution in [3.05, 3.63) is 52.3 Å². The number of benzene rings is 2. The Labute approximate surface area is 142 Å². The molecule has 0 N–H and O–H groups in total. The molecule has 1 amide bonds. The number of hydrogen-bond acceptors (Lipinski definition) is 4. The quantitative estimate of drug-likeness (QED) is 0.684. The lowest BCUT2D eigenvalue weighted by Crippen LogP contribution is -2.15. The van der Waals surface area contributed by atoms with Gasteiger partial charge in [-0.05, 0) is 19.1 Å². The highest BCUT2D eigenvalue weighted by atomic mass is 32.1. The predicted molar refractivity (Wildman–Crippen MR) is 92.9 cm³/mol. The van der Waals surface area contributed by atoms with Gasteiger partial charge in [-0.1, -0.05) is 29.0 Å². The Morgan fingerprint density at radius 3 is 2.67 bits per heavy atom. The second-order valence-electron chi connectivity index (χ2n) is 5.69. The summed E-state index contributed by atoms with van der Waals surface area (Å²) in [6.45, 7) is 3.06. The summed E-state index contributed by atoms with van der Waals surface area (Å²) in [6.07, 6.45) is 0. The first-order valence-electron chi connectivity index (χ1n) is 7.67. The number of ether oxygens (including phenoxy) is 2. The van der Waals surface area contributed by atoms with E-state index in [1.807, 2.05) is 48.9 Å². The number of thiazole rings is 1. The van der Waals surface area contributed by atoms with Crippen molar-refractivity contribution in [1.29, 1.82) is 0 Å². The Morgan fingerprint density at radius 2 is 1.92 bits per heavy atom. The zero-order valence-electron chi connectivity index (χ0n) is 13.4. The number of carbonyl (C=O) groups is 1. The summed E-state index contributed by atoms with van der Waals surface area (Å²) >= 11 is 1.46. The molecule has 24 heavy (non-hydrogen) atoms. The highest BCUT2D eigenvalue weighted by Crippen LogP contribution is 2.35. The summed E-state index contributed by atoms with van der Waals surface area (Å²) < 4.78 is 14.2. The van der Waals surface area contributed by atoms with Crippen LogP contribution >= 0.6 is 11.3 Å². The third-order valence-electron chi connectivity index (χ3n) is 3.94. The average Bonchev–Trinajstić information content (AvgIpc) is 2.88. The third-order valence-corrected chi connectivity index (χ3v) is 5.03. The predicted octanol–water partition coefficient (Wildman–Crippen LogP) is 3.06. The maximum atomic E-state index is 12.4. The van der Waals surface area contributed by atoms with Gasteiger partial charge in [0.2, 0.25) is 0 Å². The highest BCUT2D eigenvalue weighted by Gasteiger charge is 2.15. The van der Waals surface area contributed by atoms with Crippen molar-refractivity contribution in [2.24, 2.45) is 12.0 Å². The molecule has 1 aliphatic heterocycles. The maximum absolute atomic E-state index is 12.4. The zero-order chi connectivity index (χ0) is 16.7. The average molecular weight is 340 g/mol. The number of nitrogens with zero attached hydrogens (tertiary/aromatic N) is 2. The van der Waals surface area contributed by atoms with Crippen LogP contribution in [0.15, 0.2) is 41.4 Å². The fourth-order valence-corrected chi connectivity index (χ4v) is 3.73. The molecule has 0 radical (unpaired) electrons. The lowest BCUT2D eigenvalue weighted by molar-refractivity contribution is 0.0998. The number of hydrogen-bond donors (Lipinski definition) is 0. The molecule has 1 aliphatic rings. The van der Waals surface area contributed by atoms with Crippen LogP contribution in [-0.4, -0.2) is 23.7 Å². The number of aryl methyl sites for hydroxylation is 2. The minimum absolute atomic E-state index is 0.238. The second kappa shape index (κ2) is 5.79. The smallest absolute Gasteiger partial charge is 0.279 e. The Hall–Kier alpha value is -2.60. The van der Waals surface area contributed by atoms with E-state index < -0.39 is 0 Å². The SMILES string of the molecule is Cc1cccc(C(=O)N=c2sc3cc4c(cc3n2C)OCCO4)c1. The lowest BCUT2D eigenvalue weighted by Gasteiger charge is -2.18. The first-order chi connectivity index (χ1) is 11.6. The molecular formula is C18H16N2O3S. The van der Waals surface area contributed by atoms with E-state index in [0.717, 1.165) is 27.3 Å². The molecule has 122 valence electrons. The van der Waals surface area contributed by atoms with Crippen LogP contribution in [0, 0.1) is 6.92 Å². The molecule has 0 fully saturated rings. The molecule has 2 heterocycles. The summed E-state index contributed by atoms with van der Waals surface area (Å²) in [4.78, 5) is 17.4. The molecule has 0 saturated heterocycles. The van der Waals surface area contributed by atoms with E-state index in [-0.39, 0.29) is 5.91 Å². The summed E-state index contributed by atoms with van der Waals surface area (Å²) in [5, 5.41) is 0. The standard InChI is InChI=1S/C18H16N2O3S/c1-11-4-3-5-12(8-11)17(21)19-18-20(2)13-9-14-15(10-16(13)24-18)23-7-6-22-14/h3-5,8-10H,6-7H2,1-2H3. The van der Waals surface area contributed by atoms with Crippen molar-refractivity contribution in [1.82, 2.24) is 4.57 Å². The fraction of sp³-hybridized carbons (Fsp3) is 0.222. The highest BCUT2D eigenvalue weighted by molar-refractivity contribution is 7.16. The van der Waals surface area contributed by atoms with Crippen LogP contribution in [0.2, 0.25) is 0 Å². The number of amides is 1. The topological polar surface area (TPSA) is 52.8 Å². The molecule has 6 heteroatoms. The second-order valence-corrected chi connectivity index (χ2v) is 6.70. The summed E-state index contributed by atoms with van der Waals surface area (Å²) in [5.41, 5.74) is 2.61. The van der Waals surface area contributed by atoms with Gasteiger partial charge in [-0.25, -0.2) is 0 Å². The van der Waals surface area contributed by atoms with Crippen LogP contribution in [0.5, 0.6) is 11.5 Å². The molecule has 2 aromatic carbocycles. The normalized spacial score (nSPS) is 14.2. The largest absolute Gasteiger partial charge is 0.486 e. The van der Waals surface area contributed by atoms with Crippen molar-refractivity contribution >= 4 is 27.5 Å². The van der Waals surface area contributed by atoms with E-state index in [2.05, 4.69) is 4.99 Å². The number of rotatable bonds is 1. The summed E-state index contributed by atoms with van der Waals surface area (Å²) in [5.74, 6) is 1.24. The van der Waals surface area contributed by atoms with Gasteiger partial charge in [-0.15, -0.1) is 0 Å². The first kappa shape index (κ1) is 15.0. The number of carbonyl (C=O) groups excluding carboxylic acids is 1. The Balaban J connectivity index is 1.82. The van der Waals surface area contributed by atoms with Crippen LogP contribution in [0.25, 0.3) is 10.2 Å². The van der Waals surface area contributed by atoms with Crippen LogP contribution < -0.4 is 14.3 Å². The summed E-state index contributed by atoms with van der Waals surface area (Å²) in [7, 11) is 1.90. The Kier molecular flexibility index (Phi) is 3.61.